The number of benzene rings is 1. The van der Waals surface area contributed by atoms with Gasteiger partial charge in [0, 0.05) is 18.8 Å². The second kappa shape index (κ2) is 7.54. The Morgan fingerprint density at radius 1 is 1.29 bits per heavy atom. The van der Waals surface area contributed by atoms with E-state index < -0.39 is 0 Å². The molecule has 1 aromatic heterocycles. The molecule has 0 aliphatic heterocycles. The maximum absolute atomic E-state index is 13.0. The van der Waals surface area contributed by atoms with Gasteiger partial charge in [-0.15, -0.1) is 0 Å². The summed E-state index contributed by atoms with van der Waals surface area (Å²) in [7, 11) is 0. The van der Waals surface area contributed by atoms with Crippen molar-refractivity contribution in [2.75, 3.05) is 6.54 Å². The first-order chi connectivity index (χ1) is 11.6. The van der Waals surface area contributed by atoms with Gasteiger partial charge in [-0.3, -0.25) is 4.79 Å². The quantitative estimate of drug-likeness (QED) is 0.732. The zero-order valence-corrected chi connectivity index (χ0v) is 15.1. The van der Waals surface area contributed by atoms with E-state index >= 15 is 0 Å². The molecular weight excluding hydrogens is 343 g/mol. The van der Waals surface area contributed by atoms with Gasteiger partial charge in [-0.05, 0) is 42.9 Å². The monoisotopic (exact) mass is 362 g/mol. The highest BCUT2D eigenvalue weighted by Gasteiger charge is 2.28. The van der Waals surface area contributed by atoms with Gasteiger partial charge >= 0.3 is 0 Å². The smallest absolute Gasteiger partial charge is 0.255 e. The third-order valence-electron chi connectivity index (χ3n) is 4.53. The minimum absolute atomic E-state index is 0.0210. The van der Waals surface area contributed by atoms with Gasteiger partial charge in [0.25, 0.3) is 5.91 Å². The van der Waals surface area contributed by atoms with Crippen LogP contribution in [0.15, 0.2) is 36.5 Å². The van der Waals surface area contributed by atoms with E-state index in [2.05, 4.69) is 36.2 Å². The molecule has 3 rings (SSSR count). The highest BCUT2D eigenvalue weighted by Crippen LogP contribution is 2.27. The largest absolute Gasteiger partial charge is 0.335 e. The van der Waals surface area contributed by atoms with Crippen LogP contribution >= 0.6 is 23.2 Å². The van der Waals surface area contributed by atoms with E-state index in [0.29, 0.717) is 10.6 Å². The molecule has 3 nitrogen and oxygen atoms in total. The Morgan fingerprint density at radius 2 is 2.04 bits per heavy atom. The topological polar surface area (TPSA) is 33.2 Å². The number of hydrogen-bond donors (Lipinski definition) is 0. The number of aryl methyl sites for hydroxylation is 1. The maximum atomic E-state index is 13.0. The van der Waals surface area contributed by atoms with Crippen LogP contribution in [0.25, 0.3) is 0 Å². The predicted octanol–water partition coefficient (Wildman–Crippen LogP) is 4.80. The number of nitrogens with zero attached hydrogens (tertiary/aromatic N) is 2. The van der Waals surface area contributed by atoms with Gasteiger partial charge < -0.3 is 4.90 Å². The van der Waals surface area contributed by atoms with Crippen molar-refractivity contribution in [3.8, 4) is 0 Å². The third-order valence-corrected chi connectivity index (χ3v) is 5.22. The van der Waals surface area contributed by atoms with Crippen LogP contribution in [0.4, 0.5) is 0 Å². The highest BCUT2D eigenvalue weighted by atomic mass is 35.5. The van der Waals surface area contributed by atoms with Gasteiger partial charge in [-0.25, -0.2) is 4.98 Å². The summed E-state index contributed by atoms with van der Waals surface area (Å²) in [5.41, 5.74) is 3.24. The lowest BCUT2D eigenvalue weighted by molar-refractivity contribution is 0.0661. The van der Waals surface area contributed by atoms with Crippen LogP contribution in [0.1, 0.15) is 41.3 Å². The van der Waals surface area contributed by atoms with Crippen LogP contribution < -0.4 is 0 Å². The van der Waals surface area contributed by atoms with E-state index in [1.165, 1.54) is 17.3 Å². The van der Waals surface area contributed by atoms with Crippen LogP contribution in [-0.4, -0.2) is 28.4 Å². The fourth-order valence-corrected chi connectivity index (χ4v) is 3.61. The lowest BCUT2D eigenvalue weighted by Crippen LogP contribution is -2.44. The molecule has 1 atom stereocenters. The SMILES string of the molecule is CCCN(C(=O)c1cnc(Cl)c(Cl)c1)C1CCc2ccccc2C1. The lowest BCUT2D eigenvalue weighted by atomic mass is 9.87. The standard InChI is InChI=1S/C19H20Cl2N2O/c1-2-9-23(19(24)15-11-17(20)18(21)22-12-15)16-8-7-13-5-3-4-6-14(13)10-16/h3-6,11-12,16H,2,7-10H2,1H3. The van der Waals surface area contributed by atoms with Crippen LogP contribution in [0, 0.1) is 0 Å². The summed E-state index contributed by atoms with van der Waals surface area (Å²) >= 11 is 11.9. The average Bonchev–Trinajstić information content (AvgIpc) is 2.61. The zero-order valence-electron chi connectivity index (χ0n) is 13.6. The Balaban J connectivity index is 1.84. The molecule has 24 heavy (non-hydrogen) atoms. The van der Waals surface area contributed by atoms with Crippen LogP contribution in [-0.2, 0) is 12.8 Å². The van der Waals surface area contributed by atoms with E-state index in [4.69, 9.17) is 23.2 Å². The highest BCUT2D eigenvalue weighted by molar-refractivity contribution is 6.41. The average molecular weight is 363 g/mol. The Bertz CT molecular complexity index is 748. The molecular formula is C19H20Cl2N2O. The molecule has 5 heteroatoms. The number of halogens is 2. The van der Waals surface area contributed by atoms with Crippen molar-refractivity contribution in [2.24, 2.45) is 0 Å². The summed E-state index contributed by atoms with van der Waals surface area (Å²) in [6.45, 7) is 2.82. The summed E-state index contributed by atoms with van der Waals surface area (Å²) in [5.74, 6) is -0.0210. The minimum atomic E-state index is -0.0210. The van der Waals surface area contributed by atoms with Crippen LogP contribution in [0.3, 0.4) is 0 Å². The fraction of sp³-hybridized carbons (Fsp3) is 0.368. The van der Waals surface area contributed by atoms with Gasteiger partial charge in [0.05, 0.1) is 10.6 Å². The van der Waals surface area contributed by atoms with Crippen molar-refractivity contribution in [3.63, 3.8) is 0 Å². The Labute approximate surface area is 152 Å². The molecule has 0 saturated heterocycles. The summed E-state index contributed by atoms with van der Waals surface area (Å²) in [4.78, 5) is 19.0. The second-order valence-corrected chi connectivity index (χ2v) is 6.93. The summed E-state index contributed by atoms with van der Waals surface area (Å²) in [6, 6.07) is 10.3. The van der Waals surface area contributed by atoms with Gasteiger partial charge in [-0.2, -0.15) is 0 Å². The molecule has 126 valence electrons. The van der Waals surface area contributed by atoms with E-state index in [0.717, 1.165) is 32.2 Å². The molecule has 0 spiro atoms. The second-order valence-electron chi connectivity index (χ2n) is 6.16. The van der Waals surface area contributed by atoms with E-state index in [-0.39, 0.29) is 17.1 Å². The Morgan fingerprint density at radius 3 is 2.75 bits per heavy atom. The van der Waals surface area contributed by atoms with Crippen LogP contribution in [0.2, 0.25) is 10.2 Å². The Kier molecular flexibility index (Phi) is 5.42. The van der Waals surface area contributed by atoms with Gasteiger partial charge in [0.2, 0.25) is 0 Å². The zero-order chi connectivity index (χ0) is 17.1. The van der Waals surface area contributed by atoms with E-state index in [9.17, 15) is 4.79 Å². The molecule has 0 saturated carbocycles. The van der Waals surface area contributed by atoms with Crippen LogP contribution in [0.5, 0.6) is 0 Å². The molecule has 2 aromatic rings. The molecule has 1 aliphatic rings. The molecule has 0 radical (unpaired) electrons. The molecule has 0 bridgehead atoms. The number of hydrogen-bond acceptors (Lipinski definition) is 2. The molecule has 1 aromatic carbocycles. The minimum Gasteiger partial charge on any atom is -0.335 e. The number of pyridine rings is 1. The number of carbonyl (C=O) groups is 1. The number of aromatic nitrogens is 1. The predicted molar refractivity (Wildman–Crippen MR) is 97.8 cm³/mol. The summed E-state index contributed by atoms with van der Waals surface area (Å²) in [5, 5.41) is 0.537. The molecule has 1 unspecified atom stereocenters. The van der Waals surface area contributed by atoms with Crippen molar-refractivity contribution in [3.05, 3.63) is 63.4 Å². The molecule has 1 heterocycles. The fourth-order valence-electron chi connectivity index (χ4n) is 3.34. The lowest BCUT2D eigenvalue weighted by Gasteiger charge is -2.35. The van der Waals surface area contributed by atoms with Gasteiger partial charge in [0.15, 0.2) is 0 Å². The van der Waals surface area contributed by atoms with Crippen molar-refractivity contribution in [2.45, 2.75) is 38.6 Å². The summed E-state index contributed by atoms with van der Waals surface area (Å²) in [6.07, 6.45) is 5.32. The number of amides is 1. The van der Waals surface area contributed by atoms with Crippen molar-refractivity contribution in [1.82, 2.24) is 9.88 Å². The number of carbonyl (C=O) groups excluding carboxylic acids is 1. The first kappa shape index (κ1) is 17.2. The Hall–Kier alpha value is -1.58. The van der Waals surface area contributed by atoms with Crippen molar-refractivity contribution in [1.29, 1.82) is 0 Å². The number of rotatable bonds is 4. The summed E-state index contributed by atoms with van der Waals surface area (Å²) < 4.78 is 0. The maximum Gasteiger partial charge on any atom is 0.255 e. The van der Waals surface area contributed by atoms with Gasteiger partial charge in [-0.1, -0.05) is 54.4 Å². The van der Waals surface area contributed by atoms with E-state index in [1.807, 2.05) is 4.90 Å². The van der Waals surface area contributed by atoms with Crippen molar-refractivity contribution < 1.29 is 4.79 Å². The number of fused-ring (bicyclic) bond motifs is 1. The molecule has 0 fully saturated rings. The normalized spacial score (nSPS) is 16.5. The molecule has 1 aliphatic carbocycles. The molecule has 0 N–H and O–H groups in total. The van der Waals surface area contributed by atoms with Gasteiger partial charge in [0.1, 0.15) is 5.15 Å². The van der Waals surface area contributed by atoms with E-state index in [1.54, 1.807) is 6.07 Å². The first-order valence-electron chi connectivity index (χ1n) is 8.29. The molecule has 1 amide bonds. The van der Waals surface area contributed by atoms with Crippen molar-refractivity contribution >= 4 is 29.1 Å². The first-order valence-corrected chi connectivity index (χ1v) is 9.04. The third kappa shape index (κ3) is 3.57.